The summed E-state index contributed by atoms with van der Waals surface area (Å²) in [5.41, 5.74) is 2.53. The molecule has 2 aromatic carbocycles. The molecule has 0 bridgehead atoms. The zero-order valence-corrected chi connectivity index (χ0v) is 23.6. The Bertz CT molecular complexity index is 1450. The first-order chi connectivity index (χ1) is 18.9. The smallest absolute Gasteiger partial charge is 0.311 e. The largest absolute Gasteiger partial charge is 0.493 e. The molecular formula is C30H30O7S2. The zero-order chi connectivity index (χ0) is 27.1. The lowest BCUT2D eigenvalue weighted by Crippen LogP contribution is -2.43. The molecule has 1 aromatic heterocycles. The molecule has 3 unspecified atom stereocenters. The molecule has 3 aliphatic heterocycles. The Morgan fingerprint density at radius 1 is 1.18 bits per heavy atom. The number of unbranched alkanes of at least 4 members (excludes halogenated alkanes) is 1. The van der Waals surface area contributed by atoms with Crippen LogP contribution in [0.15, 0.2) is 41.3 Å². The maximum absolute atomic E-state index is 13.8. The Morgan fingerprint density at radius 3 is 2.82 bits per heavy atom. The Labute approximate surface area is 235 Å². The number of benzene rings is 2. The Morgan fingerprint density at radius 2 is 2.05 bits per heavy atom. The van der Waals surface area contributed by atoms with Gasteiger partial charge in [-0.2, -0.15) is 0 Å². The number of rotatable bonds is 8. The van der Waals surface area contributed by atoms with Crippen LogP contribution in [-0.2, 0) is 4.79 Å². The molecule has 4 heterocycles. The van der Waals surface area contributed by atoms with Crippen LogP contribution < -0.4 is 18.9 Å². The SMILES string of the molecule is C=C(C)c1cc2c3c(ccc2o1)C(=O)C1c2cc(OC(=O)CCCCC4CCSS4)c(OC)cc2OCC1O3. The fraction of sp³-hybridized carbons (Fsp3) is 0.400. The van der Waals surface area contributed by atoms with Crippen molar-refractivity contribution in [2.45, 2.75) is 56.3 Å². The predicted octanol–water partition coefficient (Wildman–Crippen LogP) is 7.21. The number of Topliss-reactive ketones (excluding diaryl/α,β-unsaturated/α-hetero) is 1. The fourth-order valence-electron chi connectivity index (χ4n) is 5.36. The highest BCUT2D eigenvalue weighted by atomic mass is 33.1. The number of carbonyl (C=O) groups excluding carboxylic acids is 2. The van der Waals surface area contributed by atoms with Crippen molar-refractivity contribution < 1.29 is 33.0 Å². The molecule has 0 aliphatic carbocycles. The first-order valence-electron chi connectivity index (χ1n) is 13.2. The van der Waals surface area contributed by atoms with Gasteiger partial charge in [0.2, 0.25) is 0 Å². The standard InChI is InChI=1S/C30H30O7S2/c1-16(2)22-13-20-21(35-22)9-8-18-29(32)28-19-12-25(36-27(31)7-5-4-6-17-10-11-38-39-17)24(33-3)14-23(19)34-15-26(28)37-30(18)20/h8-9,12-14,17,26,28H,1,4-7,10-11,15H2,2-3H3. The third-order valence-electron chi connectivity index (χ3n) is 7.40. The molecule has 39 heavy (non-hydrogen) atoms. The molecular weight excluding hydrogens is 536 g/mol. The van der Waals surface area contributed by atoms with Crippen molar-refractivity contribution in [1.29, 1.82) is 0 Å². The lowest BCUT2D eigenvalue weighted by atomic mass is 9.81. The van der Waals surface area contributed by atoms with Gasteiger partial charge in [0.25, 0.3) is 0 Å². The van der Waals surface area contributed by atoms with Crippen molar-refractivity contribution in [3.8, 4) is 23.0 Å². The highest BCUT2D eigenvalue weighted by Gasteiger charge is 2.44. The topological polar surface area (TPSA) is 84.2 Å². The summed E-state index contributed by atoms with van der Waals surface area (Å²) in [7, 11) is 5.40. The predicted molar refractivity (Wildman–Crippen MR) is 153 cm³/mol. The van der Waals surface area contributed by atoms with Crippen LogP contribution in [0.4, 0.5) is 0 Å². The molecule has 0 N–H and O–H groups in total. The Kier molecular flexibility index (Phi) is 7.29. The van der Waals surface area contributed by atoms with Crippen molar-refractivity contribution in [2.75, 3.05) is 19.5 Å². The second-order valence-electron chi connectivity index (χ2n) is 10.1. The minimum absolute atomic E-state index is 0.0730. The third kappa shape index (κ3) is 5.02. The number of fused-ring (bicyclic) bond motifs is 6. The molecule has 7 nitrogen and oxygen atoms in total. The van der Waals surface area contributed by atoms with Gasteiger partial charge in [0.15, 0.2) is 17.3 Å². The van der Waals surface area contributed by atoms with E-state index in [1.165, 1.54) is 19.3 Å². The van der Waals surface area contributed by atoms with E-state index in [4.69, 9.17) is 23.4 Å². The Hall–Kier alpha value is -3.04. The van der Waals surface area contributed by atoms with Gasteiger partial charge in [0.1, 0.15) is 35.6 Å². The van der Waals surface area contributed by atoms with Gasteiger partial charge in [-0.15, -0.1) is 0 Å². The molecule has 204 valence electrons. The first kappa shape index (κ1) is 26.2. The number of allylic oxidation sites excluding steroid dienone is 1. The van der Waals surface area contributed by atoms with E-state index in [1.54, 1.807) is 24.3 Å². The van der Waals surface area contributed by atoms with Gasteiger partial charge in [-0.05, 0) is 56.0 Å². The minimum atomic E-state index is -0.601. The summed E-state index contributed by atoms with van der Waals surface area (Å²) in [6.07, 6.45) is 3.93. The van der Waals surface area contributed by atoms with E-state index in [0.29, 0.717) is 51.4 Å². The average molecular weight is 567 g/mol. The minimum Gasteiger partial charge on any atom is -0.493 e. The van der Waals surface area contributed by atoms with Crippen LogP contribution in [0.2, 0.25) is 0 Å². The molecule has 6 rings (SSSR count). The lowest BCUT2D eigenvalue weighted by molar-refractivity contribution is -0.134. The second-order valence-corrected chi connectivity index (χ2v) is 12.9. The summed E-state index contributed by atoms with van der Waals surface area (Å²) in [5.74, 6) is 2.56. The van der Waals surface area contributed by atoms with Gasteiger partial charge in [0, 0.05) is 29.1 Å². The fourth-order valence-corrected chi connectivity index (χ4v) is 8.39. The summed E-state index contributed by atoms with van der Waals surface area (Å²) >= 11 is 0. The highest BCUT2D eigenvalue weighted by Crippen LogP contribution is 2.48. The van der Waals surface area contributed by atoms with E-state index in [9.17, 15) is 9.59 Å². The van der Waals surface area contributed by atoms with Crippen molar-refractivity contribution in [2.24, 2.45) is 0 Å². The van der Waals surface area contributed by atoms with Crippen LogP contribution in [0.25, 0.3) is 16.5 Å². The quantitative estimate of drug-likeness (QED) is 0.121. The molecule has 0 radical (unpaired) electrons. The summed E-state index contributed by atoms with van der Waals surface area (Å²) < 4.78 is 29.5. The maximum Gasteiger partial charge on any atom is 0.311 e. The van der Waals surface area contributed by atoms with Gasteiger partial charge < -0.3 is 23.4 Å². The number of esters is 1. The highest BCUT2D eigenvalue weighted by molar-refractivity contribution is 8.77. The molecule has 3 aliphatic rings. The van der Waals surface area contributed by atoms with Gasteiger partial charge in [-0.25, -0.2) is 0 Å². The number of carbonyl (C=O) groups is 2. The van der Waals surface area contributed by atoms with Gasteiger partial charge in [-0.3, -0.25) is 9.59 Å². The van der Waals surface area contributed by atoms with Gasteiger partial charge >= 0.3 is 5.97 Å². The summed E-state index contributed by atoms with van der Waals surface area (Å²) in [4.78, 5) is 26.5. The average Bonchev–Trinajstić information content (AvgIpc) is 3.61. The van der Waals surface area contributed by atoms with E-state index in [-0.39, 0.29) is 24.1 Å². The molecule has 9 heteroatoms. The zero-order valence-electron chi connectivity index (χ0n) is 21.9. The van der Waals surface area contributed by atoms with E-state index in [1.807, 2.05) is 34.6 Å². The van der Waals surface area contributed by atoms with Crippen LogP contribution in [-0.4, -0.2) is 42.6 Å². The Balaban J connectivity index is 1.23. The molecule has 3 atom stereocenters. The van der Waals surface area contributed by atoms with E-state index in [0.717, 1.165) is 30.2 Å². The van der Waals surface area contributed by atoms with Crippen LogP contribution in [0.3, 0.4) is 0 Å². The normalized spacial score (nSPS) is 21.4. The van der Waals surface area contributed by atoms with Crippen LogP contribution >= 0.6 is 21.6 Å². The number of ketones is 1. The number of hydrogen-bond donors (Lipinski definition) is 0. The number of methoxy groups -OCH3 is 1. The second kappa shape index (κ2) is 10.8. The lowest BCUT2D eigenvalue weighted by Gasteiger charge is -2.37. The monoisotopic (exact) mass is 566 g/mol. The van der Waals surface area contributed by atoms with Crippen molar-refractivity contribution in [3.63, 3.8) is 0 Å². The number of ether oxygens (including phenoxy) is 4. The van der Waals surface area contributed by atoms with Crippen molar-refractivity contribution >= 4 is 49.9 Å². The van der Waals surface area contributed by atoms with E-state index in [2.05, 4.69) is 6.58 Å². The van der Waals surface area contributed by atoms with Crippen molar-refractivity contribution in [3.05, 3.63) is 53.8 Å². The molecule has 0 saturated carbocycles. The maximum atomic E-state index is 13.8. The third-order valence-corrected chi connectivity index (χ3v) is 10.4. The van der Waals surface area contributed by atoms with Crippen LogP contribution in [0.5, 0.6) is 23.0 Å². The van der Waals surface area contributed by atoms with Crippen molar-refractivity contribution in [1.82, 2.24) is 0 Å². The number of furan rings is 1. The summed E-state index contributed by atoms with van der Waals surface area (Å²) in [6.45, 7) is 6.01. The van der Waals surface area contributed by atoms with Crippen LogP contribution in [0, 0.1) is 0 Å². The molecule has 1 fully saturated rings. The molecule has 1 saturated heterocycles. The first-order valence-corrected chi connectivity index (χ1v) is 15.6. The molecule has 0 spiro atoms. The van der Waals surface area contributed by atoms with E-state index >= 15 is 0 Å². The van der Waals surface area contributed by atoms with Gasteiger partial charge in [-0.1, -0.05) is 34.6 Å². The summed E-state index contributed by atoms with van der Waals surface area (Å²) in [6, 6.07) is 8.76. The van der Waals surface area contributed by atoms with E-state index < -0.39 is 12.0 Å². The van der Waals surface area contributed by atoms with Crippen LogP contribution in [0.1, 0.15) is 66.6 Å². The number of hydrogen-bond acceptors (Lipinski definition) is 9. The molecule has 0 amide bonds. The van der Waals surface area contributed by atoms with Gasteiger partial charge in [0.05, 0.1) is 24.0 Å². The molecule has 3 aromatic rings. The summed E-state index contributed by atoms with van der Waals surface area (Å²) in [5, 5.41) is 1.43.